The van der Waals surface area contributed by atoms with Gasteiger partial charge in [0, 0.05) is 44.0 Å². The fourth-order valence-electron chi connectivity index (χ4n) is 2.13. The van der Waals surface area contributed by atoms with Crippen LogP contribution in [0.1, 0.15) is 12.2 Å². The van der Waals surface area contributed by atoms with Gasteiger partial charge in [-0.3, -0.25) is 4.90 Å². The largest absolute Gasteiger partial charge is 0.344 e. The molecule has 1 aromatic rings. The van der Waals surface area contributed by atoms with E-state index in [-0.39, 0.29) is 5.75 Å². The van der Waals surface area contributed by atoms with Gasteiger partial charge in [-0.15, -0.1) is 0 Å². The molecule has 1 aromatic heterocycles. The van der Waals surface area contributed by atoms with Crippen LogP contribution >= 0.6 is 11.5 Å². The highest BCUT2D eigenvalue weighted by Gasteiger charge is 2.19. The van der Waals surface area contributed by atoms with Crippen LogP contribution < -0.4 is 4.90 Å². The predicted molar refractivity (Wildman–Crippen MR) is 77.6 cm³/mol. The second-order valence-corrected chi connectivity index (χ2v) is 7.93. The van der Waals surface area contributed by atoms with Gasteiger partial charge in [0.1, 0.15) is 15.7 Å². The Bertz CT molecular complexity index is 507. The molecule has 1 saturated heterocycles. The summed E-state index contributed by atoms with van der Waals surface area (Å²) in [7, 11) is -2.83. The number of anilines is 1. The van der Waals surface area contributed by atoms with Crippen LogP contribution in [0.3, 0.4) is 0 Å². The maximum atomic E-state index is 11.1. The number of sulfone groups is 1. The van der Waals surface area contributed by atoms with E-state index in [0.29, 0.717) is 0 Å². The number of hydrogen-bond acceptors (Lipinski definition) is 7. The van der Waals surface area contributed by atoms with Crippen molar-refractivity contribution in [3.05, 3.63) is 5.82 Å². The van der Waals surface area contributed by atoms with Crippen molar-refractivity contribution in [2.45, 2.75) is 13.3 Å². The molecular weight excluding hydrogens is 284 g/mol. The van der Waals surface area contributed by atoms with Crippen molar-refractivity contribution in [1.29, 1.82) is 0 Å². The molecule has 2 rings (SSSR count). The Morgan fingerprint density at radius 1 is 1.26 bits per heavy atom. The van der Waals surface area contributed by atoms with E-state index in [0.717, 1.165) is 50.1 Å². The lowest BCUT2D eigenvalue weighted by atomic mass is 10.3. The molecule has 0 N–H and O–H groups in total. The third-order valence-corrected chi connectivity index (χ3v) is 5.05. The van der Waals surface area contributed by atoms with Crippen LogP contribution in [0.4, 0.5) is 5.13 Å². The number of piperazine rings is 1. The average molecular weight is 304 g/mol. The zero-order chi connectivity index (χ0) is 13.9. The van der Waals surface area contributed by atoms with E-state index in [9.17, 15) is 8.42 Å². The van der Waals surface area contributed by atoms with Crippen LogP contribution in [0, 0.1) is 6.92 Å². The Morgan fingerprint density at radius 2 is 1.95 bits per heavy atom. The highest BCUT2D eigenvalue weighted by Crippen LogP contribution is 2.18. The molecule has 0 bridgehead atoms. The Kier molecular flexibility index (Phi) is 4.75. The van der Waals surface area contributed by atoms with E-state index in [1.807, 2.05) is 6.92 Å². The normalized spacial score (nSPS) is 17.9. The number of rotatable bonds is 5. The minimum atomic E-state index is -2.83. The van der Waals surface area contributed by atoms with Gasteiger partial charge in [-0.05, 0) is 19.9 Å². The van der Waals surface area contributed by atoms with Crippen molar-refractivity contribution < 1.29 is 8.42 Å². The lowest BCUT2D eigenvalue weighted by molar-refractivity contribution is 0.258. The minimum Gasteiger partial charge on any atom is -0.344 e. The fourth-order valence-corrected chi connectivity index (χ4v) is 3.51. The van der Waals surface area contributed by atoms with Crippen molar-refractivity contribution in [3.8, 4) is 0 Å². The SMILES string of the molecule is Cc1nsc(N2CCN(CCCS(C)(=O)=O)CC2)n1. The molecule has 0 unspecified atom stereocenters. The fraction of sp³-hybridized carbons (Fsp3) is 0.818. The Labute approximate surface area is 118 Å². The van der Waals surface area contributed by atoms with Gasteiger partial charge in [-0.25, -0.2) is 13.4 Å². The molecule has 8 heteroatoms. The number of hydrogen-bond donors (Lipinski definition) is 0. The molecule has 0 aromatic carbocycles. The number of aromatic nitrogens is 2. The summed E-state index contributed by atoms with van der Waals surface area (Å²) < 4.78 is 26.3. The van der Waals surface area contributed by atoms with Gasteiger partial charge < -0.3 is 4.90 Å². The molecule has 0 amide bonds. The highest BCUT2D eigenvalue weighted by molar-refractivity contribution is 7.90. The van der Waals surface area contributed by atoms with Gasteiger partial charge >= 0.3 is 0 Å². The third kappa shape index (κ3) is 4.70. The molecule has 0 radical (unpaired) electrons. The molecule has 1 fully saturated rings. The first-order valence-electron chi connectivity index (χ1n) is 6.39. The Morgan fingerprint density at radius 3 is 2.47 bits per heavy atom. The van der Waals surface area contributed by atoms with E-state index in [1.165, 1.54) is 17.8 Å². The first kappa shape index (κ1) is 14.7. The summed E-state index contributed by atoms with van der Waals surface area (Å²) in [4.78, 5) is 8.95. The summed E-state index contributed by atoms with van der Waals surface area (Å²) in [5.41, 5.74) is 0. The van der Waals surface area contributed by atoms with Crippen LogP contribution in [0.2, 0.25) is 0 Å². The first-order chi connectivity index (χ1) is 8.94. The van der Waals surface area contributed by atoms with Crippen LogP contribution in [-0.4, -0.2) is 67.4 Å². The van der Waals surface area contributed by atoms with Crippen molar-refractivity contribution in [3.63, 3.8) is 0 Å². The zero-order valence-electron chi connectivity index (χ0n) is 11.4. The van der Waals surface area contributed by atoms with Crippen molar-refractivity contribution in [1.82, 2.24) is 14.3 Å². The van der Waals surface area contributed by atoms with Gasteiger partial charge in [0.15, 0.2) is 0 Å². The van der Waals surface area contributed by atoms with Gasteiger partial charge in [-0.2, -0.15) is 4.37 Å². The van der Waals surface area contributed by atoms with Crippen LogP contribution in [0.25, 0.3) is 0 Å². The van der Waals surface area contributed by atoms with Crippen LogP contribution in [-0.2, 0) is 9.84 Å². The number of aryl methyl sites for hydroxylation is 1. The maximum absolute atomic E-state index is 11.1. The monoisotopic (exact) mass is 304 g/mol. The quantitative estimate of drug-likeness (QED) is 0.785. The van der Waals surface area contributed by atoms with Gasteiger partial charge in [0.25, 0.3) is 0 Å². The molecule has 108 valence electrons. The number of nitrogens with zero attached hydrogens (tertiary/aromatic N) is 4. The highest BCUT2D eigenvalue weighted by atomic mass is 32.2. The maximum Gasteiger partial charge on any atom is 0.205 e. The lowest BCUT2D eigenvalue weighted by Crippen LogP contribution is -2.46. The molecule has 0 saturated carbocycles. The lowest BCUT2D eigenvalue weighted by Gasteiger charge is -2.34. The zero-order valence-corrected chi connectivity index (χ0v) is 13.0. The minimum absolute atomic E-state index is 0.281. The summed E-state index contributed by atoms with van der Waals surface area (Å²) in [5, 5.41) is 0.994. The summed E-state index contributed by atoms with van der Waals surface area (Å²) in [6.07, 6.45) is 2.01. The molecule has 19 heavy (non-hydrogen) atoms. The van der Waals surface area contributed by atoms with E-state index in [1.54, 1.807) is 0 Å². The second-order valence-electron chi connectivity index (χ2n) is 4.94. The molecule has 0 spiro atoms. The van der Waals surface area contributed by atoms with Crippen molar-refractivity contribution in [2.24, 2.45) is 0 Å². The standard InChI is InChI=1S/C11H20N4O2S2/c1-10-12-11(18-13-10)15-7-5-14(6-8-15)4-3-9-19(2,16)17/h3-9H2,1-2H3. The van der Waals surface area contributed by atoms with E-state index in [4.69, 9.17) is 0 Å². The van der Waals surface area contributed by atoms with Gasteiger partial charge in [0.2, 0.25) is 5.13 Å². The van der Waals surface area contributed by atoms with Crippen LogP contribution in [0.5, 0.6) is 0 Å². The molecule has 0 aliphatic carbocycles. The average Bonchev–Trinajstić information content (AvgIpc) is 2.75. The van der Waals surface area contributed by atoms with E-state index >= 15 is 0 Å². The Hall–Kier alpha value is -0.730. The molecule has 1 aliphatic heterocycles. The third-order valence-electron chi connectivity index (χ3n) is 3.15. The summed E-state index contributed by atoms with van der Waals surface area (Å²) >= 11 is 1.45. The molecule has 2 heterocycles. The summed E-state index contributed by atoms with van der Waals surface area (Å²) in [5.74, 6) is 1.11. The first-order valence-corrected chi connectivity index (χ1v) is 9.23. The molecule has 1 aliphatic rings. The van der Waals surface area contributed by atoms with Crippen molar-refractivity contribution in [2.75, 3.05) is 49.6 Å². The molecular formula is C11H20N4O2S2. The van der Waals surface area contributed by atoms with Crippen molar-refractivity contribution >= 4 is 26.5 Å². The summed E-state index contributed by atoms with van der Waals surface area (Å²) in [6.45, 7) is 6.56. The Balaban J connectivity index is 1.73. The second kappa shape index (κ2) is 6.15. The van der Waals surface area contributed by atoms with Crippen LogP contribution in [0.15, 0.2) is 0 Å². The topological polar surface area (TPSA) is 66.4 Å². The molecule has 6 nitrogen and oxygen atoms in total. The smallest absolute Gasteiger partial charge is 0.205 e. The van der Waals surface area contributed by atoms with Gasteiger partial charge in [-0.1, -0.05) is 0 Å². The molecule has 0 atom stereocenters. The summed E-state index contributed by atoms with van der Waals surface area (Å²) in [6, 6.07) is 0. The van der Waals surface area contributed by atoms with Gasteiger partial charge in [0.05, 0.1) is 5.75 Å². The predicted octanol–water partition coefficient (Wildman–Crippen LogP) is 0.403. The van der Waals surface area contributed by atoms with E-state index < -0.39 is 9.84 Å². The van der Waals surface area contributed by atoms with E-state index in [2.05, 4.69) is 19.2 Å².